The Balaban J connectivity index is 2.26. The van der Waals surface area contributed by atoms with Gasteiger partial charge >= 0.3 is 0 Å². The SMILES string of the molecule is Cc1ccc(C2CS(=O)(=O)CCC(C)N2)cc1. The van der Waals surface area contributed by atoms with Crippen LogP contribution < -0.4 is 5.32 Å². The molecule has 0 saturated carbocycles. The molecule has 0 aliphatic carbocycles. The van der Waals surface area contributed by atoms with Gasteiger partial charge in [0.05, 0.1) is 11.5 Å². The third-order valence-corrected chi connectivity index (χ3v) is 4.95. The molecule has 1 fully saturated rings. The summed E-state index contributed by atoms with van der Waals surface area (Å²) in [6, 6.07) is 8.26. The molecule has 1 saturated heterocycles. The van der Waals surface area contributed by atoms with E-state index in [0.29, 0.717) is 12.2 Å². The van der Waals surface area contributed by atoms with Gasteiger partial charge in [0, 0.05) is 12.1 Å². The minimum atomic E-state index is -2.92. The van der Waals surface area contributed by atoms with Crippen molar-refractivity contribution in [3.8, 4) is 0 Å². The van der Waals surface area contributed by atoms with E-state index in [4.69, 9.17) is 0 Å². The molecule has 0 aromatic heterocycles. The molecule has 2 rings (SSSR count). The van der Waals surface area contributed by atoms with Gasteiger partial charge in [-0.2, -0.15) is 0 Å². The fourth-order valence-corrected chi connectivity index (χ4v) is 3.84. The second-order valence-corrected chi connectivity index (χ2v) is 7.16. The maximum absolute atomic E-state index is 11.8. The van der Waals surface area contributed by atoms with Gasteiger partial charge in [0.25, 0.3) is 0 Å². The van der Waals surface area contributed by atoms with Crippen molar-refractivity contribution in [2.75, 3.05) is 11.5 Å². The van der Waals surface area contributed by atoms with Crippen LogP contribution in [0, 0.1) is 6.92 Å². The van der Waals surface area contributed by atoms with Gasteiger partial charge in [0.1, 0.15) is 0 Å². The summed E-state index contributed by atoms with van der Waals surface area (Å²) < 4.78 is 23.7. The van der Waals surface area contributed by atoms with Crippen molar-refractivity contribution in [2.24, 2.45) is 0 Å². The summed E-state index contributed by atoms with van der Waals surface area (Å²) in [7, 11) is -2.92. The monoisotopic (exact) mass is 253 g/mol. The molecule has 0 radical (unpaired) electrons. The van der Waals surface area contributed by atoms with Crippen LogP contribution in [0.2, 0.25) is 0 Å². The van der Waals surface area contributed by atoms with Crippen molar-refractivity contribution in [3.63, 3.8) is 0 Å². The number of nitrogens with one attached hydrogen (secondary N) is 1. The van der Waals surface area contributed by atoms with Crippen LogP contribution in [0.15, 0.2) is 24.3 Å². The molecule has 1 aromatic rings. The van der Waals surface area contributed by atoms with Crippen molar-refractivity contribution in [3.05, 3.63) is 35.4 Å². The fourth-order valence-electron chi connectivity index (χ4n) is 2.16. The van der Waals surface area contributed by atoms with E-state index in [9.17, 15) is 8.42 Å². The molecule has 4 heteroatoms. The summed E-state index contributed by atoms with van der Waals surface area (Å²) in [5, 5.41) is 3.39. The van der Waals surface area contributed by atoms with Crippen molar-refractivity contribution >= 4 is 9.84 Å². The average molecular weight is 253 g/mol. The topological polar surface area (TPSA) is 46.2 Å². The van der Waals surface area contributed by atoms with Crippen molar-refractivity contribution in [1.82, 2.24) is 5.32 Å². The fraction of sp³-hybridized carbons (Fsp3) is 0.538. The summed E-state index contributed by atoms with van der Waals surface area (Å²) in [6.07, 6.45) is 0.699. The average Bonchev–Trinajstić information content (AvgIpc) is 2.39. The lowest BCUT2D eigenvalue weighted by atomic mass is 10.1. The number of hydrogen-bond donors (Lipinski definition) is 1. The molecule has 94 valence electrons. The quantitative estimate of drug-likeness (QED) is 0.830. The molecular formula is C13H19NO2S. The molecule has 17 heavy (non-hydrogen) atoms. The number of sulfone groups is 1. The molecular weight excluding hydrogens is 234 g/mol. The summed E-state index contributed by atoms with van der Waals surface area (Å²) in [5.74, 6) is 0.504. The second-order valence-electron chi connectivity index (χ2n) is 4.93. The van der Waals surface area contributed by atoms with E-state index in [-0.39, 0.29) is 17.8 Å². The smallest absolute Gasteiger partial charge is 0.152 e. The van der Waals surface area contributed by atoms with Gasteiger partial charge in [-0.05, 0) is 25.8 Å². The third kappa shape index (κ3) is 3.30. The van der Waals surface area contributed by atoms with E-state index in [1.54, 1.807) is 0 Å². The molecule has 0 bridgehead atoms. The van der Waals surface area contributed by atoms with E-state index in [1.807, 2.05) is 38.1 Å². The highest BCUT2D eigenvalue weighted by molar-refractivity contribution is 7.91. The van der Waals surface area contributed by atoms with Crippen LogP contribution in [0.3, 0.4) is 0 Å². The number of aryl methyl sites for hydroxylation is 1. The molecule has 1 N–H and O–H groups in total. The highest BCUT2D eigenvalue weighted by Gasteiger charge is 2.26. The van der Waals surface area contributed by atoms with Gasteiger partial charge in [-0.25, -0.2) is 8.42 Å². The van der Waals surface area contributed by atoms with E-state index in [2.05, 4.69) is 5.32 Å². The maximum atomic E-state index is 11.8. The number of hydrogen-bond acceptors (Lipinski definition) is 3. The highest BCUT2D eigenvalue weighted by Crippen LogP contribution is 2.21. The maximum Gasteiger partial charge on any atom is 0.152 e. The van der Waals surface area contributed by atoms with Crippen LogP contribution in [0.4, 0.5) is 0 Å². The van der Waals surface area contributed by atoms with Gasteiger partial charge in [0.2, 0.25) is 0 Å². The predicted molar refractivity (Wildman–Crippen MR) is 69.8 cm³/mol. The molecule has 2 atom stereocenters. The van der Waals surface area contributed by atoms with Crippen LogP contribution in [-0.2, 0) is 9.84 Å². The molecule has 1 heterocycles. The molecule has 1 aliphatic heterocycles. The van der Waals surface area contributed by atoms with Gasteiger partial charge < -0.3 is 5.32 Å². The molecule has 1 aliphatic rings. The summed E-state index contributed by atoms with van der Waals surface area (Å²) >= 11 is 0. The van der Waals surface area contributed by atoms with E-state index < -0.39 is 9.84 Å². The van der Waals surface area contributed by atoms with Crippen LogP contribution in [-0.4, -0.2) is 26.0 Å². The van der Waals surface area contributed by atoms with Gasteiger partial charge in [0.15, 0.2) is 9.84 Å². The van der Waals surface area contributed by atoms with Crippen molar-refractivity contribution < 1.29 is 8.42 Å². The highest BCUT2D eigenvalue weighted by atomic mass is 32.2. The van der Waals surface area contributed by atoms with Crippen LogP contribution in [0.25, 0.3) is 0 Å². The summed E-state index contributed by atoms with van der Waals surface area (Å²) in [6.45, 7) is 4.08. The van der Waals surface area contributed by atoms with E-state index in [1.165, 1.54) is 5.56 Å². The van der Waals surface area contributed by atoms with Gasteiger partial charge in [-0.15, -0.1) is 0 Å². The minimum Gasteiger partial charge on any atom is -0.307 e. The molecule has 0 spiro atoms. The first-order valence-electron chi connectivity index (χ1n) is 5.99. The Hall–Kier alpha value is -0.870. The molecule has 3 nitrogen and oxygen atoms in total. The lowest BCUT2D eigenvalue weighted by Gasteiger charge is -2.19. The summed E-state index contributed by atoms with van der Waals surface area (Å²) in [5.41, 5.74) is 2.26. The predicted octanol–water partition coefficient (Wildman–Crippen LogP) is 1.83. The zero-order chi connectivity index (χ0) is 12.5. The Labute approximate surface area is 103 Å². The lowest BCUT2D eigenvalue weighted by Crippen LogP contribution is -2.30. The van der Waals surface area contributed by atoms with Crippen molar-refractivity contribution in [2.45, 2.75) is 32.4 Å². The van der Waals surface area contributed by atoms with E-state index in [0.717, 1.165) is 5.56 Å². The normalized spacial score (nSPS) is 28.6. The Kier molecular flexibility index (Phi) is 3.54. The third-order valence-electron chi connectivity index (χ3n) is 3.25. The Morgan fingerprint density at radius 3 is 2.53 bits per heavy atom. The zero-order valence-corrected chi connectivity index (χ0v) is 11.1. The number of rotatable bonds is 1. The van der Waals surface area contributed by atoms with Gasteiger partial charge in [-0.3, -0.25) is 0 Å². The Morgan fingerprint density at radius 1 is 1.24 bits per heavy atom. The molecule has 2 unspecified atom stereocenters. The number of benzene rings is 1. The van der Waals surface area contributed by atoms with Crippen molar-refractivity contribution in [1.29, 1.82) is 0 Å². The Morgan fingerprint density at radius 2 is 1.88 bits per heavy atom. The zero-order valence-electron chi connectivity index (χ0n) is 10.3. The van der Waals surface area contributed by atoms with Crippen LogP contribution in [0.5, 0.6) is 0 Å². The first-order valence-corrected chi connectivity index (χ1v) is 7.81. The Bertz CT molecular complexity index is 479. The minimum absolute atomic E-state index is 0.0712. The van der Waals surface area contributed by atoms with Gasteiger partial charge in [-0.1, -0.05) is 29.8 Å². The first-order chi connectivity index (χ1) is 7.96. The summed E-state index contributed by atoms with van der Waals surface area (Å²) in [4.78, 5) is 0. The molecule has 0 amide bonds. The first kappa shape index (κ1) is 12.6. The second kappa shape index (κ2) is 4.78. The standard InChI is InChI=1S/C13H19NO2S/c1-10-3-5-12(6-4-10)13-9-17(15,16)8-7-11(2)14-13/h3-6,11,13-14H,7-9H2,1-2H3. The van der Waals surface area contributed by atoms with Crippen LogP contribution >= 0.6 is 0 Å². The molecule has 1 aromatic carbocycles. The van der Waals surface area contributed by atoms with E-state index >= 15 is 0 Å². The largest absolute Gasteiger partial charge is 0.307 e. The lowest BCUT2D eigenvalue weighted by molar-refractivity contribution is 0.484. The van der Waals surface area contributed by atoms with Crippen LogP contribution in [0.1, 0.15) is 30.5 Å².